The summed E-state index contributed by atoms with van der Waals surface area (Å²) >= 11 is 0. The lowest BCUT2D eigenvalue weighted by Gasteiger charge is -2.38. The molecule has 2 aliphatic rings. The highest BCUT2D eigenvalue weighted by Gasteiger charge is 2.40. The molecule has 4 rings (SSSR count). The third-order valence-electron chi connectivity index (χ3n) is 4.75. The highest BCUT2D eigenvalue weighted by molar-refractivity contribution is 5.60. The molecule has 0 saturated carbocycles. The number of hydrogen-bond donors (Lipinski definition) is 1. The molecule has 1 spiro atoms. The lowest BCUT2D eigenvalue weighted by Crippen LogP contribution is -2.45. The van der Waals surface area contributed by atoms with Crippen LogP contribution >= 0.6 is 0 Å². The third kappa shape index (κ3) is 3.73. The van der Waals surface area contributed by atoms with E-state index in [-0.39, 0.29) is 5.79 Å². The molecule has 2 fully saturated rings. The number of anilines is 3. The first-order valence-corrected chi connectivity index (χ1v) is 9.11. The van der Waals surface area contributed by atoms with E-state index in [1.54, 1.807) is 6.33 Å². The van der Waals surface area contributed by atoms with Crippen molar-refractivity contribution in [3.8, 4) is 5.75 Å². The van der Waals surface area contributed by atoms with Crippen LogP contribution in [0.25, 0.3) is 0 Å². The van der Waals surface area contributed by atoms with Gasteiger partial charge in [-0.25, -0.2) is 9.97 Å². The highest BCUT2D eigenvalue weighted by Crippen LogP contribution is 2.33. The van der Waals surface area contributed by atoms with Gasteiger partial charge in [0.1, 0.15) is 23.7 Å². The maximum absolute atomic E-state index is 5.79. The predicted octanol–water partition coefficient (Wildman–Crippen LogP) is 2.96. The van der Waals surface area contributed by atoms with Crippen molar-refractivity contribution in [1.29, 1.82) is 0 Å². The maximum Gasteiger partial charge on any atom is 0.171 e. The van der Waals surface area contributed by atoms with Crippen LogP contribution in [0.15, 0.2) is 36.7 Å². The molecule has 1 aromatic heterocycles. The molecule has 138 valence electrons. The zero-order valence-corrected chi connectivity index (χ0v) is 15.0. The van der Waals surface area contributed by atoms with Crippen LogP contribution in [-0.2, 0) is 9.47 Å². The summed E-state index contributed by atoms with van der Waals surface area (Å²) in [6.07, 6.45) is 3.32. The Kier molecular flexibility index (Phi) is 4.90. The Balaban J connectivity index is 1.40. The van der Waals surface area contributed by atoms with Crippen LogP contribution in [0.1, 0.15) is 19.8 Å². The van der Waals surface area contributed by atoms with Crippen LogP contribution in [0.4, 0.5) is 17.3 Å². The summed E-state index contributed by atoms with van der Waals surface area (Å²) in [5.74, 6) is 2.18. The third-order valence-corrected chi connectivity index (χ3v) is 4.75. The first-order chi connectivity index (χ1) is 12.8. The van der Waals surface area contributed by atoms with Crippen molar-refractivity contribution in [3.63, 3.8) is 0 Å². The van der Waals surface area contributed by atoms with Gasteiger partial charge in [-0.15, -0.1) is 0 Å². The van der Waals surface area contributed by atoms with Gasteiger partial charge < -0.3 is 24.4 Å². The molecule has 26 heavy (non-hydrogen) atoms. The fourth-order valence-electron chi connectivity index (χ4n) is 3.40. The van der Waals surface area contributed by atoms with Crippen molar-refractivity contribution >= 4 is 17.3 Å². The molecule has 2 saturated heterocycles. The average Bonchev–Trinajstić information content (AvgIpc) is 3.12. The second-order valence-electron chi connectivity index (χ2n) is 6.44. The fourth-order valence-corrected chi connectivity index (χ4v) is 3.40. The van der Waals surface area contributed by atoms with E-state index in [9.17, 15) is 0 Å². The van der Waals surface area contributed by atoms with Crippen LogP contribution in [0.3, 0.4) is 0 Å². The van der Waals surface area contributed by atoms with Gasteiger partial charge in [-0.2, -0.15) is 0 Å². The summed E-state index contributed by atoms with van der Waals surface area (Å²) in [6.45, 7) is 5.75. The first-order valence-electron chi connectivity index (χ1n) is 9.11. The van der Waals surface area contributed by atoms with Gasteiger partial charge in [0.15, 0.2) is 5.79 Å². The van der Waals surface area contributed by atoms with E-state index in [0.29, 0.717) is 19.8 Å². The topological polar surface area (TPSA) is 68.7 Å². The van der Waals surface area contributed by atoms with Crippen LogP contribution in [0.5, 0.6) is 5.75 Å². The van der Waals surface area contributed by atoms with Gasteiger partial charge in [0.05, 0.1) is 19.8 Å². The molecule has 1 N–H and O–H groups in total. The van der Waals surface area contributed by atoms with Gasteiger partial charge in [0.2, 0.25) is 0 Å². The molecule has 0 radical (unpaired) electrons. The minimum Gasteiger partial charge on any atom is -0.494 e. The summed E-state index contributed by atoms with van der Waals surface area (Å²) in [6, 6.07) is 9.82. The second kappa shape index (κ2) is 7.47. The van der Waals surface area contributed by atoms with E-state index in [0.717, 1.165) is 49.0 Å². The predicted molar refractivity (Wildman–Crippen MR) is 99.0 cm³/mol. The number of piperidine rings is 1. The van der Waals surface area contributed by atoms with Gasteiger partial charge in [-0.05, 0) is 31.2 Å². The zero-order valence-electron chi connectivity index (χ0n) is 15.0. The van der Waals surface area contributed by atoms with Gasteiger partial charge in [0, 0.05) is 37.7 Å². The fraction of sp³-hybridized carbons (Fsp3) is 0.474. The highest BCUT2D eigenvalue weighted by atomic mass is 16.7. The molecule has 2 aliphatic heterocycles. The van der Waals surface area contributed by atoms with E-state index >= 15 is 0 Å². The standard InChI is InChI=1S/C19H24N4O3/c1-2-24-16-5-3-15(4-6-16)22-17-13-18(21-14-20-17)23-9-7-19(8-10-23)25-11-12-26-19/h3-6,13-14H,2,7-12H2,1H3,(H,20,21,22). The molecule has 1 aromatic carbocycles. The van der Waals surface area contributed by atoms with Crippen molar-refractivity contribution in [2.45, 2.75) is 25.6 Å². The van der Waals surface area contributed by atoms with Gasteiger partial charge >= 0.3 is 0 Å². The Morgan fingerprint density at radius 1 is 1.12 bits per heavy atom. The number of nitrogens with zero attached hydrogens (tertiary/aromatic N) is 3. The Labute approximate surface area is 153 Å². The summed E-state index contributed by atoms with van der Waals surface area (Å²) in [7, 11) is 0. The number of hydrogen-bond acceptors (Lipinski definition) is 7. The molecule has 0 atom stereocenters. The Morgan fingerprint density at radius 3 is 2.54 bits per heavy atom. The largest absolute Gasteiger partial charge is 0.494 e. The van der Waals surface area contributed by atoms with E-state index in [1.807, 2.05) is 37.3 Å². The van der Waals surface area contributed by atoms with E-state index in [1.165, 1.54) is 0 Å². The van der Waals surface area contributed by atoms with Crippen LogP contribution in [0, 0.1) is 0 Å². The molecule has 0 aliphatic carbocycles. The van der Waals surface area contributed by atoms with Crippen molar-refractivity contribution in [3.05, 3.63) is 36.7 Å². The maximum atomic E-state index is 5.79. The van der Waals surface area contributed by atoms with Crippen molar-refractivity contribution in [1.82, 2.24) is 9.97 Å². The number of nitrogens with one attached hydrogen (secondary N) is 1. The normalized spacial score (nSPS) is 18.9. The lowest BCUT2D eigenvalue weighted by atomic mass is 10.0. The SMILES string of the molecule is CCOc1ccc(Nc2cc(N3CCC4(CC3)OCCO4)ncn2)cc1. The molecule has 0 amide bonds. The van der Waals surface area contributed by atoms with E-state index in [4.69, 9.17) is 14.2 Å². The van der Waals surface area contributed by atoms with Gasteiger partial charge in [-0.1, -0.05) is 0 Å². The quantitative estimate of drug-likeness (QED) is 0.883. The van der Waals surface area contributed by atoms with Crippen molar-refractivity contribution < 1.29 is 14.2 Å². The minimum atomic E-state index is -0.368. The molecule has 0 bridgehead atoms. The minimum absolute atomic E-state index is 0.368. The molecule has 0 unspecified atom stereocenters. The molecular formula is C19H24N4O3. The van der Waals surface area contributed by atoms with Crippen LogP contribution < -0.4 is 15.0 Å². The van der Waals surface area contributed by atoms with Crippen molar-refractivity contribution in [2.24, 2.45) is 0 Å². The zero-order chi connectivity index (χ0) is 17.8. The average molecular weight is 356 g/mol. The summed E-state index contributed by atoms with van der Waals surface area (Å²) in [4.78, 5) is 11.0. The Morgan fingerprint density at radius 2 is 1.85 bits per heavy atom. The van der Waals surface area contributed by atoms with Gasteiger partial charge in [-0.3, -0.25) is 0 Å². The van der Waals surface area contributed by atoms with Crippen LogP contribution in [0.2, 0.25) is 0 Å². The van der Waals surface area contributed by atoms with E-state index < -0.39 is 0 Å². The van der Waals surface area contributed by atoms with Gasteiger partial charge in [0.25, 0.3) is 0 Å². The van der Waals surface area contributed by atoms with Crippen molar-refractivity contribution in [2.75, 3.05) is 43.1 Å². The molecule has 7 nitrogen and oxygen atoms in total. The Hall–Kier alpha value is -2.38. The summed E-state index contributed by atoms with van der Waals surface area (Å²) < 4.78 is 17.1. The lowest BCUT2D eigenvalue weighted by molar-refractivity contribution is -0.169. The van der Waals surface area contributed by atoms with Crippen LogP contribution in [-0.4, -0.2) is 48.7 Å². The number of rotatable bonds is 5. The first kappa shape index (κ1) is 17.1. The molecular weight excluding hydrogens is 332 g/mol. The number of ether oxygens (including phenoxy) is 3. The van der Waals surface area contributed by atoms with E-state index in [2.05, 4.69) is 20.2 Å². The Bertz CT molecular complexity index is 722. The smallest absolute Gasteiger partial charge is 0.171 e. The molecule has 7 heteroatoms. The number of benzene rings is 1. The monoisotopic (exact) mass is 356 g/mol. The molecule has 2 aromatic rings. The summed E-state index contributed by atoms with van der Waals surface area (Å²) in [5.41, 5.74) is 0.962. The summed E-state index contributed by atoms with van der Waals surface area (Å²) in [5, 5.41) is 3.32. The molecule has 3 heterocycles. The second-order valence-corrected chi connectivity index (χ2v) is 6.44. The number of aromatic nitrogens is 2.